The van der Waals surface area contributed by atoms with Crippen LogP contribution in [0.2, 0.25) is 0 Å². The molecule has 1 saturated heterocycles. The van der Waals surface area contributed by atoms with E-state index in [2.05, 4.69) is 15.9 Å². The Morgan fingerprint density at radius 2 is 2.11 bits per heavy atom. The maximum atomic E-state index is 12.9. The Kier molecular flexibility index (Phi) is 3.87. The van der Waals surface area contributed by atoms with Gasteiger partial charge >= 0.3 is 6.18 Å². The number of likely N-dealkylation sites (tertiary alicyclic amines) is 1. The first kappa shape index (κ1) is 14.3. The molecule has 0 bridgehead atoms. The predicted molar refractivity (Wildman–Crippen MR) is 67.6 cm³/mol. The number of alkyl halides is 3. The van der Waals surface area contributed by atoms with Gasteiger partial charge in [-0.2, -0.15) is 13.2 Å². The van der Waals surface area contributed by atoms with Crippen molar-refractivity contribution in [1.82, 2.24) is 4.90 Å². The number of carbonyl (C=O) groups excluding carboxylic acids is 1. The second kappa shape index (κ2) is 5.13. The molecule has 1 atom stereocenters. The van der Waals surface area contributed by atoms with Crippen LogP contribution in [0.3, 0.4) is 0 Å². The zero-order valence-corrected chi connectivity index (χ0v) is 11.5. The van der Waals surface area contributed by atoms with Gasteiger partial charge in [-0.3, -0.25) is 4.79 Å². The summed E-state index contributed by atoms with van der Waals surface area (Å²) in [6.07, 6.45) is -3.94. The van der Waals surface area contributed by atoms with Crippen LogP contribution in [-0.4, -0.2) is 29.9 Å². The first-order chi connectivity index (χ1) is 8.79. The van der Waals surface area contributed by atoms with Gasteiger partial charge in [0.25, 0.3) is 5.91 Å². The highest BCUT2D eigenvalue weighted by molar-refractivity contribution is 9.10. The maximum Gasteiger partial charge on any atom is 0.417 e. The lowest BCUT2D eigenvalue weighted by atomic mass is 10.1. The van der Waals surface area contributed by atoms with Crippen LogP contribution >= 0.6 is 15.9 Å². The molecule has 0 aromatic heterocycles. The first-order valence-corrected chi connectivity index (χ1v) is 6.50. The second-order valence-electron chi connectivity index (χ2n) is 4.49. The fraction of sp³-hybridized carbons (Fsp3) is 0.417. The molecule has 0 aliphatic carbocycles. The molecule has 19 heavy (non-hydrogen) atoms. The molecule has 1 heterocycles. The Bertz CT molecular complexity index is 504. The third-order valence-electron chi connectivity index (χ3n) is 3.03. The van der Waals surface area contributed by atoms with E-state index in [4.69, 9.17) is 5.73 Å². The Balaban J connectivity index is 2.36. The van der Waals surface area contributed by atoms with Gasteiger partial charge in [0, 0.05) is 23.6 Å². The number of rotatable bonds is 1. The molecule has 1 aromatic carbocycles. The van der Waals surface area contributed by atoms with Gasteiger partial charge in [0.05, 0.1) is 11.1 Å². The normalized spacial score (nSPS) is 19.8. The molecule has 2 N–H and O–H groups in total. The number of benzene rings is 1. The van der Waals surface area contributed by atoms with Gasteiger partial charge in [-0.15, -0.1) is 0 Å². The van der Waals surface area contributed by atoms with E-state index in [0.29, 0.717) is 19.5 Å². The molecule has 0 spiro atoms. The fourth-order valence-electron chi connectivity index (χ4n) is 2.08. The van der Waals surface area contributed by atoms with E-state index in [-0.39, 0.29) is 16.1 Å². The van der Waals surface area contributed by atoms with Crippen LogP contribution in [0.5, 0.6) is 0 Å². The van der Waals surface area contributed by atoms with Gasteiger partial charge in [0.15, 0.2) is 0 Å². The third-order valence-corrected chi connectivity index (χ3v) is 3.52. The van der Waals surface area contributed by atoms with Gasteiger partial charge in [0.1, 0.15) is 0 Å². The predicted octanol–water partition coefficient (Wildman–Crippen LogP) is 2.64. The van der Waals surface area contributed by atoms with E-state index in [0.717, 1.165) is 6.07 Å². The molecule has 1 aliphatic heterocycles. The Morgan fingerprint density at radius 3 is 2.63 bits per heavy atom. The van der Waals surface area contributed by atoms with Crippen molar-refractivity contribution in [1.29, 1.82) is 0 Å². The van der Waals surface area contributed by atoms with Crippen molar-refractivity contribution in [3.8, 4) is 0 Å². The number of hydrogen-bond donors (Lipinski definition) is 1. The van der Waals surface area contributed by atoms with Gasteiger partial charge in [-0.05, 0) is 24.6 Å². The lowest BCUT2D eigenvalue weighted by Crippen LogP contribution is -2.33. The van der Waals surface area contributed by atoms with Crippen LogP contribution in [0.25, 0.3) is 0 Å². The molecule has 0 saturated carbocycles. The molecule has 1 aromatic rings. The lowest BCUT2D eigenvalue weighted by Gasteiger charge is -2.19. The second-order valence-corrected chi connectivity index (χ2v) is 5.40. The molecular weight excluding hydrogens is 325 g/mol. The van der Waals surface area contributed by atoms with Crippen molar-refractivity contribution in [3.05, 3.63) is 33.8 Å². The third kappa shape index (κ3) is 3.09. The molecule has 1 unspecified atom stereocenters. The van der Waals surface area contributed by atoms with Gasteiger partial charge < -0.3 is 10.6 Å². The van der Waals surface area contributed by atoms with Crippen LogP contribution in [0.1, 0.15) is 22.3 Å². The van der Waals surface area contributed by atoms with Gasteiger partial charge in [-0.25, -0.2) is 0 Å². The summed E-state index contributed by atoms with van der Waals surface area (Å²) < 4.78 is 39.1. The van der Waals surface area contributed by atoms with Crippen LogP contribution < -0.4 is 5.73 Å². The summed E-state index contributed by atoms with van der Waals surface area (Å²) >= 11 is 2.99. The summed E-state index contributed by atoms with van der Waals surface area (Å²) in [7, 11) is 0. The molecule has 3 nitrogen and oxygen atoms in total. The van der Waals surface area contributed by atoms with Gasteiger partial charge in [-0.1, -0.05) is 15.9 Å². The zero-order chi connectivity index (χ0) is 14.2. The number of carbonyl (C=O) groups is 1. The number of nitrogens with zero attached hydrogens (tertiary/aromatic N) is 1. The van der Waals surface area contributed by atoms with E-state index >= 15 is 0 Å². The summed E-state index contributed by atoms with van der Waals surface area (Å²) in [5.41, 5.74) is 4.41. The molecule has 7 heteroatoms. The van der Waals surface area contributed by atoms with Crippen LogP contribution in [0.15, 0.2) is 22.7 Å². The highest BCUT2D eigenvalue weighted by Crippen LogP contribution is 2.34. The Morgan fingerprint density at radius 1 is 1.42 bits per heavy atom. The first-order valence-electron chi connectivity index (χ1n) is 5.70. The summed E-state index contributed by atoms with van der Waals surface area (Å²) in [5.74, 6) is -0.618. The quantitative estimate of drug-likeness (QED) is 0.856. The number of nitrogens with two attached hydrogens (primary N) is 1. The summed E-state index contributed by atoms with van der Waals surface area (Å²) in [6, 6.07) is 3.38. The number of hydrogen-bond acceptors (Lipinski definition) is 2. The van der Waals surface area contributed by atoms with E-state index in [9.17, 15) is 18.0 Å². The van der Waals surface area contributed by atoms with E-state index < -0.39 is 17.6 Å². The molecule has 104 valence electrons. The van der Waals surface area contributed by atoms with Crippen molar-refractivity contribution >= 4 is 21.8 Å². The van der Waals surface area contributed by atoms with Crippen LogP contribution in [-0.2, 0) is 6.18 Å². The summed E-state index contributed by atoms with van der Waals surface area (Å²) in [6.45, 7) is 0.694. The van der Waals surface area contributed by atoms with Crippen molar-refractivity contribution in [2.24, 2.45) is 5.73 Å². The van der Waals surface area contributed by atoms with Gasteiger partial charge in [0.2, 0.25) is 0 Å². The van der Waals surface area contributed by atoms with Crippen LogP contribution in [0, 0.1) is 0 Å². The molecule has 0 radical (unpaired) electrons. The van der Waals surface area contributed by atoms with Crippen molar-refractivity contribution in [3.63, 3.8) is 0 Å². The van der Waals surface area contributed by atoms with Crippen molar-refractivity contribution in [2.45, 2.75) is 18.6 Å². The molecule has 2 rings (SSSR count). The molecule has 1 aliphatic rings. The number of halogens is 4. The highest BCUT2D eigenvalue weighted by Gasteiger charge is 2.37. The topological polar surface area (TPSA) is 46.3 Å². The minimum atomic E-state index is -4.56. The summed E-state index contributed by atoms with van der Waals surface area (Å²) in [4.78, 5) is 13.5. The maximum absolute atomic E-state index is 12.9. The summed E-state index contributed by atoms with van der Waals surface area (Å²) in [5, 5.41) is 0. The smallest absolute Gasteiger partial charge is 0.337 e. The molecule has 1 amide bonds. The highest BCUT2D eigenvalue weighted by atomic mass is 79.9. The average Bonchev–Trinajstić information content (AvgIpc) is 2.74. The van der Waals surface area contributed by atoms with E-state index in [1.165, 1.54) is 17.0 Å². The average molecular weight is 337 g/mol. The zero-order valence-electron chi connectivity index (χ0n) is 9.88. The largest absolute Gasteiger partial charge is 0.417 e. The molecule has 1 fully saturated rings. The van der Waals surface area contributed by atoms with Crippen molar-refractivity contribution in [2.75, 3.05) is 13.1 Å². The fourth-order valence-corrected chi connectivity index (χ4v) is 2.44. The SMILES string of the molecule is NC1CCN(C(=O)c2ccc(Br)cc2C(F)(F)F)C1. The standard InChI is InChI=1S/C12H12BrF3N2O/c13-7-1-2-9(10(5-7)12(14,15)16)11(19)18-4-3-8(17)6-18/h1-2,5,8H,3-4,6,17H2. The van der Waals surface area contributed by atoms with Crippen LogP contribution in [0.4, 0.5) is 13.2 Å². The van der Waals surface area contributed by atoms with E-state index in [1.54, 1.807) is 0 Å². The minimum Gasteiger partial charge on any atom is -0.337 e. The monoisotopic (exact) mass is 336 g/mol. The Hall–Kier alpha value is -1.08. The lowest BCUT2D eigenvalue weighted by molar-refractivity contribution is -0.138. The van der Waals surface area contributed by atoms with E-state index in [1.807, 2.05) is 0 Å². The van der Waals surface area contributed by atoms with Crippen molar-refractivity contribution < 1.29 is 18.0 Å². The Labute approximate surface area is 116 Å². The molecular formula is C12H12BrF3N2O. The minimum absolute atomic E-state index is 0.159. The number of amides is 1.